The summed E-state index contributed by atoms with van der Waals surface area (Å²) in [7, 11) is 1.55. The van der Waals surface area contributed by atoms with Gasteiger partial charge in [0.15, 0.2) is 0 Å². The molecule has 0 aliphatic heterocycles. The van der Waals surface area contributed by atoms with Gasteiger partial charge in [-0.3, -0.25) is 14.4 Å². The number of halogens is 2. The Labute approximate surface area is 258 Å². The van der Waals surface area contributed by atoms with Crippen molar-refractivity contribution in [3.63, 3.8) is 0 Å². The second-order valence-electron chi connectivity index (χ2n) is 8.98. The average Bonchev–Trinajstić information content (AvgIpc) is 3.00. The fourth-order valence-corrected chi connectivity index (χ4v) is 4.96. The molecule has 3 amide bonds. The SMILES string of the molecule is COc1cccc(/C=C(\NC(=O)c2ccccc2)C(=O)Nc2ccc(SC(C)C(=O)Nc3cccc(Cl)c3Cl)cc2)c1. The van der Waals surface area contributed by atoms with Gasteiger partial charge in [0.05, 0.1) is 28.1 Å². The van der Waals surface area contributed by atoms with E-state index < -0.39 is 17.1 Å². The molecule has 0 saturated heterocycles. The smallest absolute Gasteiger partial charge is 0.272 e. The molecule has 0 radical (unpaired) electrons. The van der Waals surface area contributed by atoms with Gasteiger partial charge in [-0.05, 0) is 79.2 Å². The van der Waals surface area contributed by atoms with Gasteiger partial charge < -0.3 is 20.7 Å². The molecule has 4 aromatic rings. The molecular formula is C32H27Cl2N3O4S. The van der Waals surface area contributed by atoms with Crippen LogP contribution in [0, 0.1) is 0 Å². The summed E-state index contributed by atoms with van der Waals surface area (Å²) in [5, 5.41) is 8.54. The zero-order valence-electron chi connectivity index (χ0n) is 22.7. The van der Waals surface area contributed by atoms with Gasteiger partial charge in [-0.15, -0.1) is 11.8 Å². The van der Waals surface area contributed by atoms with Crippen LogP contribution in [0.3, 0.4) is 0 Å². The highest BCUT2D eigenvalue weighted by Crippen LogP contribution is 2.31. The number of hydrogen-bond donors (Lipinski definition) is 3. The lowest BCUT2D eigenvalue weighted by molar-refractivity contribution is -0.115. The molecule has 0 bridgehead atoms. The van der Waals surface area contributed by atoms with E-state index >= 15 is 0 Å². The Kier molecular flexibility index (Phi) is 10.7. The molecule has 7 nitrogen and oxygen atoms in total. The fraction of sp³-hybridized carbons (Fsp3) is 0.0938. The van der Waals surface area contributed by atoms with Gasteiger partial charge in [0.2, 0.25) is 5.91 Å². The van der Waals surface area contributed by atoms with Gasteiger partial charge in [0, 0.05) is 16.1 Å². The minimum Gasteiger partial charge on any atom is -0.497 e. The molecule has 4 aromatic carbocycles. The number of carbonyl (C=O) groups is 3. The van der Waals surface area contributed by atoms with E-state index in [0.29, 0.717) is 33.3 Å². The van der Waals surface area contributed by atoms with Crippen molar-refractivity contribution in [1.82, 2.24) is 5.32 Å². The molecule has 0 spiro atoms. The number of carbonyl (C=O) groups excluding carboxylic acids is 3. The Morgan fingerprint density at radius 2 is 1.57 bits per heavy atom. The summed E-state index contributed by atoms with van der Waals surface area (Å²) in [4.78, 5) is 39.7. The Morgan fingerprint density at radius 1 is 0.857 bits per heavy atom. The van der Waals surface area contributed by atoms with Crippen molar-refractivity contribution in [3.05, 3.63) is 124 Å². The van der Waals surface area contributed by atoms with E-state index in [0.717, 1.165) is 4.90 Å². The molecule has 0 heterocycles. The normalized spacial score (nSPS) is 11.8. The van der Waals surface area contributed by atoms with Crippen molar-refractivity contribution < 1.29 is 19.1 Å². The molecule has 1 atom stereocenters. The molecule has 3 N–H and O–H groups in total. The van der Waals surface area contributed by atoms with Gasteiger partial charge in [-0.25, -0.2) is 0 Å². The van der Waals surface area contributed by atoms with Gasteiger partial charge >= 0.3 is 0 Å². The van der Waals surface area contributed by atoms with E-state index in [1.807, 2.05) is 0 Å². The quantitative estimate of drug-likeness (QED) is 0.126. The molecule has 1 unspecified atom stereocenters. The van der Waals surface area contributed by atoms with Gasteiger partial charge in [-0.2, -0.15) is 0 Å². The van der Waals surface area contributed by atoms with E-state index in [4.69, 9.17) is 27.9 Å². The summed E-state index contributed by atoms with van der Waals surface area (Å²) in [5.74, 6) is -0.542. The summed E-state index contributed by atoms with van der Waals surface area (Å²) >= 11 is 13.6. The van der Waals surface area contributed by atoms with Crippen LogP contribution >= 0.6 is 35.0 Å². The van der Waals surface area contributed by atoms with Crippen LogP contribution in [0.4, 0.5) is 11.4 Å². The van der Waals surface area contributed by atoms with E-state index in [2.05, 4.69) is 16.0 Å². The van der Waals surface area contributed by atoms with Crippen molar-refractivity contribution in [2.45, 2.75) is 17.1 Å². The third kappa shape index (κ3) is 8.39. The minimum atomic E-state index is -0.506. The fourth-order valence-electron chi connectivity index (χ4n) is 3.75. The average molecular weight is 621 g/mol. The highest BCUT2D eigenvalue weighted by atomic mass is 35.5. The zero-order chi connectivity index (χ0) is 30.1. The lowest BCUT2D eigenvalue weighted by atomic mass is 10.1. The monoisotopic (exact) mass is 619 g/mol. The van der Waals surface area contributed by atoms with E-state index in [1.54, 1.807) is 117 Å². The molecule has 214 valence electrons. The Hall–Kier alpha value is -4.24. The van der Waals surface area contributed by atoms with Gasteiger partial charge in [0.25, 0.3) is 11.8 Å². The molecule has 0 aliphatic carbocycles. The zero-order valence-corrected chi connectivity index (χ0v) is 25.0. The highest BCUT2D eigenvalue weighted by molar-refractivity contribution is 8.00. The summed E-state index contributed by atoms with van der Waals surface area (Å²) in [6.45, 7) is 1.78. The second-order valence-corrected chi connectivity index (χ2v) is 11.2. The standard InChI is InChI=1S/C32H27Cl2N3O4S/c1-20(30(38)36-27-13-7-12-26(33)29(27)34)42-25-16-14-23(15-17-25)35-32(40)28(19-21-8-6-11-24(18-21)41-2)37-31(39)22-9-4-3-5-10-22/h3-20H,1-2H3,(H,35,40)(H,36,38)(H,37,39)/b28-19-. The summed E-state index contributed by atoms with van der Waals surface area (Å²) in [6, 6.07) is 27.8. The van der Waals surface area contributed by atoms with Crippen molar-refractivity contribution >= 4 is 70.1 Å². The predicted molar refractivity (Wildman–Crippen MR) is 170 cm³/mol. The highest BCUT2D eigenvalue weighted by Gasteiger charge is 2.18. The van der Waals surface area contributed by atoms with Crippen LogP contribution < -0.4 is 20.7 Å². The molecule has 4 rings (SSSR count). The molecule has 0 aromatic heterocycles. The first-order chi connectivity index (χ1) is 20.2. The number of hydrogen-bond acceptors (Lipinski definition) is 5. The molecule has 0 saturated carbocycles. The van der Waals surface area contributed by atoms with Crippen molar-refractivity contribution in [2.75, 3.05) is 17.7 Å². The predicted octanol–water partition coefficient (Wildman–Crippen LogP) is 7.53. The molecular weight excluding hydrogens is 593 g/mol. The maximum Gasteiger partial charge on any atom is 0.272 e. The Morgan fingerprint density at radius 3 is 2.29 bits per heavy atom. The third-order valence-corrected chi connectivity index (χ3v) is 7.87. The molecule has 10 heteroatoms. The number of benzene rings is 4. The van der Waals surface area contributed by atoms with Gasteiger partial charge in [-0.1, -0.05) is 59.6 Å². The van der Waals surface area contributed by atoms with Crippen LogP contribution in [-0.2, 0) is 9.59 Å². The van der Waals surface area contributed by atoms with Crippen LogP contribution in [0.25, 0.3) is 6.08 Å². The summed E-state index contributed by atoms with van der Waals surface area (Å²) in [6.07, 6.45) is 1.58. The maximum absolute atomic E-state index is 13.3. The topological polar surface area (TPSA) is 96.5 Å². The first kappa shape index (κ1) is 30.7. The molecule has 42 heavy (non-hydrogen) atoms. The van der Waals surface area contributed by atoms with E-state index in [1.165, 1.54) is 11.8 Å². The van der Waals surface area contributed by atoms with Crippen molar-refractivity contribution in [3.8, 4) is 5.75 Å². The van der Waals surface area contributed by atoms with E-state index in [9.17, 15) is 14.4 Å². The van der Waals surface area contributed by atoms with Crippen LogP contribution in [-0.4, -0.2) is 30.1 Å². The maximum atomic E-state index is 13.3. The molecule has 0 aliphatic rings. The number of nitrogens with one attached hydrogen (secondary N) is 3. The van der Waals surface area contributed by atoms with Gasteiger partial charge in [0.1, 0.15) is 11.4 Å². The number of rotatable bonds is 10. The lowest BCUT2D eigenvalue weighted by Crippen LogP contribution is -2.30. The van der Waals surface area contributed by atoms with Crippen LogP contribution in [0.1, 0.15) is 22.8 Å². The Balaban J connectivity index is 1.45. The Bertz CT molecular complexity index is 1610. The number of anilines is 2. The molecule has 0 fully saturated rings. The third-order valence-electron chi connectivity index (χ3n) is 5.94. The number of amides is 3. The number of ether oxygens (including phenoxy) is 1. The number of methoxy groups -OCH3 is 1. The first-order valence-corrected chi connectivity index (χ1v) is 14.4. The first-order valence-electron chi connectivity index (χ1n) is 12.8. The van der Waals surface area contributed by atoms with Crippen LogP contribution in [0.2, 0.25) is 10.0 Å². The van der Waals surface area contributed by atoms with Crippen molar-refractivity contribution in [1.29, 1.82) is 0 Å². The largest absolute Gasteiger partial charge is 0.497 e. The van der Waals surface area contributed by atoms with Crippen molar-refractivity contribution in [2.24, 2.45) is 0 Å². The van der Waals surface area contributed by atoms with Crippen LogP contribution in [0.15, 0.2) is 108 Å². The summed E-state index contributed by atoms with van der Waals surface area (Å²) in [5.41, 5.74) is 2.10. The van der Waals surface area contributed by atoms with E-state index in [-0.39, 0.29) is 16.6 Å². The minimum absolute atomic E-state index is 0.0560. The summed E-state index contributed by atoms with van der Waals surface area (Å²) < 4.78 is 5.28. The lowest BCUT2D eigenvalue weighted by Gasteiger charge is -2.14. The van der Waals surface area contributed by atoms with Crippen LogP contribution in [0.5, 0.6) is 5.75 Å². The second kappa shape index (κ2) is 14.6. The number of thioether (sulfide) groups is 1.